The van der Waals surface area contributed by atoms with Gasteiger partial charge in [0, 0.05) is 23.2 Å². The molecule has 172 valence electrons. The molecule has 4 aliphatic carbocycles. The smallest absolute Gasteiger partial charge is 0.306 e. The SMILES string of the molecule is C[C@]12CCC(=O)C=C1CC[C@H]1[C@@H]3CC[C@](O)(C(=O)C(O)CC(=O)O)[C@@]3(C)C[C@H](O)[C@@]12F. The number of aliphatic carboxylic acids is 1. The molecular formula is C23H31FO7. The highest BCUT2D eigenvalue weighted by Gasteiger charge is 2.74. The summed E-state index contributed by atoms with van der Waals surface area (Å²) >= 11 is 0. The number of allylic oxidation sites excluding steroid dienone is 1. The highest BCUT2D eigenvalue weighted by Crippen LogP contribution is 2.70. The minimum atomic E-state index is -2.03. The molecule has 4 rings (SSSR count). The average molecular weight is 438 g/mol. The Morgan fingerprint density at radius 2 is 1.87 bits per heavy atom. The first-order valence-corrected chi connectivity index (χ1v) is 11.1. The molecule has 0 heterocycles. The van der Waals surface area contributed by atoms with E-state index in [4.69, 9.17) is 5.11 Å². The van der Waals surface area contributed by atoms with E-state index in [1.165, 1.54) is 6.08 Å². The van der Waals surface area contributed by atoms with Crippen molar-refractivity contribution in [3.63, 3.8) is 0 Å². The number of carbonyl (C=O) groups excluding carboxylic acids is 2. The van der Waals surface area contributed by atoms with Gasteiger partial charge >= 0.3 is 5.97 Å². The summed E-state index contributed by atoms with van der Waals surface area (Å²) in [6.45, 7) is 3.42. The average Bonchev–Trinajstić information content (AvgIpc) is 2.94. The predicted molar refractivity (Wildman–Crippen MR) is 107 cm³/mol. The number of halogens is 1. The number of carbonyl (C=O) groups is 3. The third kappa shape index (κ3) is 2.77. The number of carboxylic acids is 1. The van der Waals surface area contributed by atoms with Gasteiger partial charge in [-0.05, 0) is 50.5 Å². The summed E-state index contributed by atoms with van der Waals surface area (Å²) in [7, 11) is 0. The van der Waals surface area contributed by atoms with Crippen molar-refractivity contribution < 1.29 is 39.2 Å². The number of alkyl halides is 1. The summed E-state index contributed by atoms with van der Waals surface area (Å²) in [4.78, 5) is 35.9. The Labute approximate surface area is 180 Å². The first-order valence-electron chi connectivity index (χ1n) is 11.1. The topological polar surface area (TPSA) is 132 Å². The van der Waals surface area contributed by atoms with Crippen LogP contribution in [0.5, 0.6) is 0 Å². The molecule has 0 saturated heterocycles. The molecule has 3 fully saturated rings. The van der Waals surface area contributed by atoms with Gasteiger partial charge in [-0.1, -0.05) is 19.4 Å². The third-order valence-electron chi connectivity index (χ3n) is 9.27. The van der Waals surface area contributed by atoms with E-state index in [0.29, 0.717) is 25.7 Å². The Morgan fingerprint density at radius 1 is 1.19 bits per heavy atom. The Morgan fingerprint density at radius 3 is 2.52 bits per heavy atom. The van der Waals surface area contributed by atoms with Gasteiger partial charge < -0.3 is 20.4 Å². The molecule has 0 aromatic rings. The minimum absolute atomic E-state index is 0.0130. The molecule has 3 saturated carbocycles. The zero-order valence-electron chi connectivity index (χ0n) is 17.9. The van der Waals surface area contributed by atoms with E-state index < -0.39 is 64.3 Å². The molecule has 4 aliphatic rings. The molecule has 8 atom stereocenters. The molecule has 31 heavy (non-hydrogen) atoms. The molecule has 0 bridgehead atoms. The van der Waals surface area contributed by atoms with Crippen molar-refractivity contribution in [2.24, 2.45) is 22.7 Å². The lowest BCUT2D eigenvalue weighted by Crippen LogP contribution is -2.69. The van der Waals surface area contributed by atoms with Crippen LogP contribution in [0.4, 0.5) is 4.39 Å². The van der Waals surface area contributed by atoms with Gasteiger partial charge in [0.2, 0.25) is 0 Å². The van der Waals surface area contributed by atoms with Crippen molar-refractivity contribution in [2.45, 2.75) is 88.7 Å². The quantitative estimate of drug-likeness (QED) is 0.525. The predicted octanol–water partition coefficient (Wildman–Crippen LogP) is 1.72. The second-order valence-electron chi connectivity index (χ2n) is 10.5. The Balaban J connectivity index is 1.73. The summed E-state index contributed by atoms with van der Waals surface area (Å²) in [6, 6.07) is 0. The number of carboxylic acid groups (broad SMARTS) is 1. The maximum absolute atomic E-state index is 17.0. The molecule has 8 heteroatoms. The zero-order valence-corrected chi connectivity index (χ0v) is 17.9. The van der Waals surface area contributed by atoms with Crippen LogP contribution in [-0.4, -0.2) is 61.4 Å². The number of rotatable bonds is 4. The van der Waals surface area contributed by atoms with Crippen molar-refractivity contribution in [1.82, 2.24) is 0 Å². The van der Waals surface area contributed by atoms with Gasteiger partial charge in [0.15, 0.2) is 11.6 Å². The van der Waals surface area contributed by atoms with Crippen LogP contribution >= 0.6 is 0 Å². The molecule has 4 N–H and O–H groups in total. The lowest BCUT2D eigenvalue weighted by atomic mass is 9.43. The van der Waals surface area contributed by atoms with Crippen molar-refractivity contribution >= 4 is 17.5 Å². The van der Waals surface area contributed by atoms with Gasteiger partial charge in [-0.3, -0.25) is 14.4 Å². The summed E-state index contributed by atoms with van der Waals surface area (Å²) < 4.78 is 17.0. The minimum Gasteiger partial charge on any atom is -0.481 e. The van der Waals surface area contributed by atoms with Gasteiger partial charge in [0.1, 0.15) is 17.4 Å². The van der Waals surface area contributed by atoms with E-state index in [1.54, 1.807) is 13.8 Å². The molecule has 0 aromatic heterocycles. The van der Waals surface area contributed by atoms with Crippen LogP contribution in [0.15, 0.2) is 11.6 Å². The molecule has 0 aromatic carbocycles. The lowest BCUT2D eigenvalue weighted by Gasteiger charge is -2.63. The van der Waals surface area contributed by atoms with E-state index in [2.05, 4.69) is 0 Å². The molecule has 0 aliphatic heterocycles. The van der Waals surface area contributed by atoms with Crippen molar-refractivity contribution in [1.29, 1.82) is 0 Å². The fourth-order valence-corrected chi connectivity index (χ4v) is 7.51. The van der Waals surface area contributed by atoms with E-state index in [9.17, 15) is 29.7 Å². The Bertz CT molecular complexity index is 870. The first kappa shape index (κ1) is 22.6. The first-order chi connectivity index (χ1) is 14.3. The van der Waals surface area contributed by atoms with E-state index in [0.717, 1.165) is 5.57 Å². The van der Waals surface area contributed by atoms with Crippen LogP contribution in [-0.2, 0) is 14.4 Å². The third-order valence-corrected chi connectivity index (χ3v) is 9.27. The summed E-state index contributed by atoms with van der Waals surface area (Å²) in [5, 5.41) is 41.7. The number of ketones is 2. The molecule has 1 unspecified atom stereocenters. The Hall–Kier alpha value is -1.64. The van der Waals surface area contributed by atoms with Crippen LogP contribution < -0.4 is 0 Å². The molecule has 0 spiro atoms. The van der Waals surface area contributed by atoms with Crippen LogP contribution in [0.3, 0.4) is 0 Å². The summed E-state index contributed by atoms with van der Waals surface area (Å²) in [6.07, 6.45) is -1.02. The monoisotopic (exact) mass is 438 g/mol. The van der Waals surface area contributed by atoms with Crippen molar-refractivity contribution in [3.05, 3.63) is 11.6 Å². The highest BCUT2D eigenvalue weighted by molar-refractivity contribution is 5.94. The number of fused-ring (bicyclic) bond motifs is 5. The van der Waals surface area contributed by atoms with Gasteiger partial charge in [-0.15, -0.1) is 0 Å². The Kier molecular flexibility index (Phi) is 5.04. The zero-order chi connectivity index (χ0) is 23.0. The van der Waals surface area contributed by atoms with E-state index in [1.807, 2.05) is 0 Å². The standard InChI is InChI=1S/C23H31FO7/c1-20-7-5-13(25)9-12(20)3-4-15-14-6-8-22(31,19(30)16(26)10-18(28)29)21(14,2)11-17(27)23(15,20)24/h9,14-17,26-27,31H,3-8,10-11H2,1-2H3,(H,28,29)/t14-,15-,16?,17-,20-,21-,22-,23-/m0/s1. The number of aliphatic hydroxyl groups excluding tert-OH is 2. The fourth-order valence-electron chi connectivity index (χ4n) is 7.51. The van der Waals surface area contributed by atoms with Crippen molar-refractivity contribution in [3.8, 4) is 0 Å². The van der Waals surface area contributed by atoms with Crippen LogP contribution in [0.1, 0.15) is 65.2 Å². The molecular weight excluding hydrogens is 407 g/mol. The number of aliphatic hydroxyl groups is 3. The van der Waals surface area contributed by atoms with E-state index in [-0.39, 0.29) is 25.0 Å². The van der Waals surface area contributed by atoms with Gasteiger partial charge in [-0.2, -0.15) is 0 Å². The summed E-state index contributed by atoms with van der Waals surface area (Å²) in [5.74, 6) is -3.39. The maximum atomic E-state index is 17.0. The second-order valence-corrected chi connectivity index (χ2v) is 10.5. The van der Waals surface area contributed by atoms with Crippen LogP contribution in [0.25, 0.3) is 0 Å². The van der Waals surface area contributed by atoms with Crippen LogP contribution in [0, 0.1) is 22.7 Å². The summed E-state index contributed by atoms with van der Waals surface area (Å²) in [5.41, 5.74) is -5.47. The van der Waals surface area contributed by atoms with Crippen molar-refractivity contribution in [2.75, 3.05) is 0 Å². The molecule has 7 nitrogen and oxygen atoms in total. The number of hydrogen-bond donors (Lipinski definition) is 4. The molecule has 0 radical (unpaired) electrons. The van der Waals surface area contributed by atoms with Crippen LogP contribution in [0.2, 0.25) is 0 Å². The number of Topliss-reactive ketones (excluding diaryl/α,β-unsaturated/α-hetero) is 1. The van der Waals surface area contributed by atoms with E-state index >= 15 is 4.39 Å². The lowest BCUT2D eigenvalue weighted by molar-refractivity contribution is -0.227. The second kappa shape index (κ2) is 6.93. The normalized spacial score (nSPS) is 47.6. The van der Waals surface area contributed by atoms with Gasteiger partial charge in [0.05, 0.1) is 12.5 Å². The van der Waals surface area contributed by atoms with Gasteiger partial charge in [-0.25, -0.2) is 4.39 Å². The van der Waals surface area contributed by atoms with Gasteiger partial charge in [0.25, 0.3) is 0 Å². The number of hydrogen-bond acceptors (Lipinski definition) is 6. The largest absolute Gasteiger partial charge is 0.481 e. The molecule has 0 amide bonds. The maximum Gasteiger partial charge on any atom is 0.306 e. The highest BCUT2D eigenvalue weighted by atomic mass is 19.1. The fraction of sp³-hybridized carbons (Fsp3) is 0.783.